The van der Waals surface area contributed by atoms with Crippen LogP contribution in [0.5, 0.6) is 17.2 Å². The lowest BCUT2D eigenvalue weighted by atomic mass is 9.94. The highest BCUT2D eigenvalue weighted by molar-refractivity contribution is 5.52. The monoisotopic (exact) mass is 570 g/mol. The molecule has 7 heteroatoms. The van der Waals surface area contributed by atoms with E-state index in [1.807, 2.05) is 24.3 Å². The van der Waals surface area contributed by atoms with Crippen molar-refractivity contribution in [2.45, 2.75) is 64.3 Å². The number of carbonyl (C=O) groups is 1. The van der Waals surface area contributed by atoms with E-state index in [2.05, 4.69) is 70.0 Å². The number of fused-ring (bicyclic) bond motifs is 1. The Morgan fingerprint density at radius 3 is 2.32 bits per heavy atom. The fraction of sp³-hybridized carbons (Fsp3) is 0.618. The number of para-hydroxylation sites is 2. The molecular formula is C34H56N3O4+. The van der Waals surface area contributed by atoms with E-state index in [4.69, 9.17) is 14.2 Å². The second-order valence-electron chi connectivity index (χ2n) is 11.6. The molecule has 2 aliphatic rings. The number of quaternary nitrogens is 1. The topological polar surface area (TPSA) is 55.7 Å². The molecule has 230 valence electrons. The second-order valence-corrected chi connectivity index (χ2v) is 11.6. The number of ether oxygens (including phenoxy) is 3. The predicted molar refractivity (Wildman–Crippen MR) is 169 cm³/mol. The van der Waals surface area contributed by atoms with Gasteiger partial charge in [0.25, 0.3) is 0 Å². The number of benzene rings is 2. The van der Waals surface area contributed by atoms with Gasteiger partial charge in [-0.05, 0) is 74.6 Å². The van der Waals surface area contributed by atoms with Crippen molar-refractivity contribution >= 4 is 6.29 Å². The van der Waals surface area contributed by atoms with Gasteiger partial charge in [0.1, 0.15) is 18.6 Å². The molecular weight excluding hydrogens is 514 g/mol. The normalized spacial score (nSPS) is 17.7. The van der Waals surface area contributed by atoms with Crippen molar-refractivity contribution in [1.29, 1.82) is 0 Å². The number of nitrogens with zero attached hydrogens (tertiary/aromatic N) is 2. The highest BCUT2D eigenvalue weighted by Crippen LogP contribution is 2.36. The predicted octanol–water partition coefficient (Wildman–Crippen LogP) is 4.35. The Morgan fingerprint density at radius 1 is 1.05 bits per heavy atom. The van der Waals surface area contributed by atoms with Crippen LogP contribution in [0.25, 0.3) is 0 Å². The average molecular weight is 571 g/mol. The average Bonchev–Trinajstić information content (AvgIpc) is 3.61. The zero-order valence-corrected chi connectivity index (χ0v) is 26.8. The summed E-state index contributed by atoms with van der Waals surface area (Å²) in [6.45, 7) is 9.66. The minimum Gasteiger partial charge on any atom is -0.493 e. The van der Waals surface area contributed by atoms with Crippen LogP contribution in [-0.2, 0) is 11.2 Å². The Morgan fingerprint density at radius 2 is 1.71 bits per heavy atom. The Labute approximate surface area is 249 Å². The number of hydrogen-bond acceptors (Lipinski definition) is 6. The van der Waals surface area contributed by atoms with Gasteiger partial charge < -0.3 is 28.8 Å². The van der Waals surface area contributed by atoms with Crippen molar-refractivity contribution in [3.8, 4) is 17.2 Å². The summed E-state index contributed by atoms with van der Waals surface area (Å²) in [4.78, 5) is 17.2. The number of rotatable bonds is 13. The SMILES string of the molecule is CCCCN(C)CCCC.COc1ccccc1OCC1CC(c2ccc3c(c2)CCO3)CN1CC=O.C[NH+](C)C. The first kappa shape index (κ1) is 34.6. The Balaban J connectivity index is 0.000000352. The van der Waals surface area contributed by atoms with Crippen LogP contribution in [0, 0.1) is 0 Å². The summed E-state index contributed by atoms with van der Waals surface area (Å²) < 4.78 is 17.0. The zero-order chi connectivity index (χ0) is 30.0. The van der Waals surface area contributed by atoms with Gasteiger partial charge in [0.2, 0.25) is 0 Å². The van der Waals surface area contributed by atoms with Crippen molar-refractivity contribution in [2.24, 2.45) is 0 Å². The first-order valence-electron chi connectivity index (χ1n) is 15.5. The van der Waals surface area contributed by atoms with Crippen molar-refractivity contribution in [1.82, 2.24) is 9.80 Å². The molecule has 2 aromatic carbocycles. The maximum absolute atomic E-state index is 11.2. The highest BCUT2D eigenvalue weighted by Gasteiger charge is 2.33. The number of likely N-dealkylation sites (tertiary alicyclic amines) is 1. The van der Waals surface area contributed by atoms with Crippen LogP contribution >= 0.6 is 0 Å². The van der Waals surface area contributed by atoms with Crippen LogP contribution < -0.4 is 19.1 Å². The summed E-state index contributed by atoms with van der Waals surface area (Å²) in [6.07, 6.45) is 8.26. The molecule has 0 aromatic heterocycles. The summed E-state index contributed by atoms with van der Waals surface area (Å²) in [7, 11) is 10.1. The number of unbranched alkanes of at least 4 members (excludes halogenated alkanes) is 2. The minimum atomic E-state index is 0.203. The van der Waals surface area contributed by atoms with Gasteiger partial charge in [-0.3, -0.25) is 4.90 Å². The van der Waals surface area contributed by atoms with Gasteiger partial charge in [0.05, 0.1) is 41.4 Å². The fourth-order valence-electron chi connectivity index (χ4n) is 5.07. The van der Waals surface area contributed by atoms with Gasteiger partial charge in [0, 0.05) is 19.0 Å². The Bertz CT molecular complexity index is 989. The lowest BCUT2D eigenvalue weighted by Gasteiger charge is -2.22. The number of nitrogens with one attached hydrogen (secondary N) is 1. The van der Waals surface area contributed by atoms with Crippen LogP contribution in [0.2, 0.25) is 0 Å². The molecule has 0 radical (unpaired) electrons. The summed E-state index contributed by atoms with van der Waals surface area (Å²) >= 11 is 0. The Kier molecular flexibility index (Phi) is 16.5. The molecule has 0 amide bonds. The third-order valence-electron chi connectivity index (χ3n) is 7.31. The van der Waals surface area contributed by atoms with E-state index in [0.717, 1.165) is 49.5 Å². The van der Waals surface area contributed by atoms with Gasteiger partial charge in [-0.2, -0.15) is 0 Å². The quantitative estimate of drug-likeness (QED) is 0.362. The van der Waals surface area contributed by atoms with Crippen LogP contribution in [0.15, 0.2) is 42.5 Å². The highest BCUT2D eigenvalue weighted by atomic mass is 16.5. The fourth-order valence-corrected chi connectivity index (χ4v) is 5.07. The van der Waals surface area contributed by atoms with Crippen LogP contribution in [0.4, 0.5) is 0 Å². The lowest BCUT2D eigenvalue weighted by molar-refractivity contribution is -0.836. The van der Waals surface area contributed by atoms with Gasteiger partial charge in [-0.15, -0.1) is 0 Å². The van der Waals surface area contributed by atoms with Crippen molar-refractivity contribution in [3.05, 3.63) is 53.6 Å². The van der Waals surface area contributed by atoms with Crippen LogP contribution in [0.3, 0.4) is 0 Å². The van der Waals surface area contributed by atoms with Gasteiger partial charge >= 0.3 is 0 Å². The molecule has 1 fully saturated rings. The summed E-state index contributed by atoms with van der Waals surface area (Å²) in [5.74, 6) is 2.89. The summed E-state index contributed by atoms with van der Waals surface area (Å²) in [5, 5.41) is 0. The molecule has 2 unspecified atom stereocenters. The molecule has 4 rings (SSSR count). The van der Waals surface area contributed by atoms with E-state index in [1.165, 1.54) is 54.8 Å². The maximum atomic E-state index is 11.2. The third kappa shape index (κ3) is 12.4. The molecule has 0 saturated carbocycles. The van der Waals surface area contributed by atoms with Gasteiger partial charge in [-0.1, -0.05) is 51.0 Å². The maximum Gasteiger partial charge on any atom is 0.161 e. The molecule has 0 spiro atoms. The standard InChI is InChI=1S/C22H25NO4.C9H21N.C3H9N/c1-25-21-4-2-3-5-22(21)27-15-19-13-18(14-23(19)9-10-24)16-6-7-20-17(12-16)8-11-26-20;1-4-6-8-10(3)9-7-5-2;1-4(2)3/h2-7,10,12,18-19H,8-9,11,13-15H2,1H3;4-9H2,1-3H3;1-3H3/p+1. The largest absolute Gasteiger partial charge is 0.493 e. The zero-order valence-electron chi connectivity index (χ0n) is 26.8. The number of carbonyl (C=O) groups excluding carboxylic acids is 1. The molecule has 2 atom stereocenters. The van der Waals surface area contributed by atoms with Crippen LogP contribution in [0.1, 0.15) is 63.0 Å². The smallest absolute Gasteiger partial charge is 0.161 e. The van der Waals surface area contributed by atoms with E-state index >= 15 is 0 Å². The summed E-state index contributed by atoms with van der Waals surface area (Å²) in [6, 6.07) is 14.4. The van der Waals surface area contributed by atoms with Gasteiger partial charge in [0.15, 0.2) is 11.5 Å². The van der Waals surface area contributed by atoms with E-state index in [-0.39, 0.29) is 6.04 Å². The molecule has 2 heterocycles. The van der Waals surface area contributed by atoms with Gasteiger partial charge in [-0.25, -0.2) is 0 Å². The van der Waals surface area contributed by atoms with E-state index in [0.29, 0.717) is 19.1 Å². The van der Waals surface area contributed by atoms with E-state index in [9.17, 15) is 4.79 Å². The first-order valence-corrected chi connectivity index (χ1v) is 15.5. The summed E-state index contributed by atoms with van der Waals surface area (Å²) in [5.41, 5.74) is 2.62. The lowest BCUT2D eigenvalue weighted by Crippen LogP contribution is -3.02. The molecule has 41 heavy (non-hydrogen) atoms. The molecule has 0 aliphatic carbocycles. The molecule has 1 N–H and O–H groups in total. The van der Waals surface area contributed by atoms with Crippen molar-refractivity contribution in [2.75, 3.05) is 74.7 Å². The van der Waals surface area contributed by atoms with Crippen molar-refractivity contribution < 1.29 is 23.9 Å². The number of hydrogen-bond donors (Lipinski definition) is 1. The second kappa shape index (κ2) is 19.5. The Hall–Kier alpha value is -2.61. The third-order valence-corrected chi connectivity index (χ3v) is 7.31. The van der Waals surface area contributed by atoms with E-state index in [1.54, 1.807) is 7.11 Å². The molecule has 0 bridgehead atoms. The molecule has 2 aromatic rings. The molecule has 7 nitrogen and oxygen atoms in total. The molecule has 1 saturated heterocycles. The molecule has 2 aliphatic heterocycles. The van der Waals surface area contributed by atoms with Crippen molar-refractivity contribution in [3.63, 3.8) is 0 Å². The van der Waals surface area contributed by atoms with Crippen LogP contribution in [-0.4, -0.2) is 96.8 Å². The first-order chi connectivity index (χ1) is 19.8. The number of aldehydes is 1. The minimum absolute atomic E-state index is 0.203. The number of methoxy groups -OCH3 is 1. The van der Waals surface area contributed by atoms with E-state index < -0.39 is 0 Å².